The van der Waals surface area contributed by atoms with Crippen LogP contribution < -0.4 is 10.6 Å². The number of carbonyl (C=O) groups excluding carboxylic acids is 2. The molecule has 3 N–H and O–H groups in total. The SMILES string of the molecule is CCCOC(=O)NC(=N)c1ccc(CNC(=O)c2cc(C)n(-c3ccc(Cl)cc3)c2C)cc1. The molecule has 2 aromatic carbocycles. The molecule has 8 heteroatoms. The molecular weight excluding hydrogens is 440 g/mol. The molecule has 1 aromatic heterocycles. The van der Waals surface area contributed by atoms with Crippen LogP contribution in [0, 0.1) is 19.3 Å². The van der Waals surface area contributed by atoms with Crippen molar-refractivity contribution in [3.05, 3.63) is 87.7 Å². The molecule has 0 bridgehead atoms. The third-order valence-electron chi connectivity index (χ3n) is 5.12. The minimum Gasteiger partial charge on any atom is -0.449 e. The zero-order valence-corrected chi connectivity index (χ0v) is 19.6. The molecule has 7 nitrogen and oxygen atoms in total. The van der Waals surface area contributed by atoms with Gasteiger partial charge >= 0.3 is 6.09 Å². The highest BCUT2D eigenvalue weighted by Crippen LogP contribution is 2.22. The Labute approximate surface area is 198 Å². The van der Waals surface area contributed by atoms with E-state index in [1.807, 2.05) is 55.7 Å². The molecule has 0 fully saturated rings. The van der Waals surface area contributed by atoms with Gasteiger partial charge in [-0.2, -0.15) is 0 Å². The van der Waals surface area contributed by atoms with Crippen molar-refractivity contribution >= 4 is 29.4 Å². The van der Waals surface area contributed by atoms with Crippen LogP contribution in [-0.4, -0.2) is 29.0 Å². The highest BCUT2D eigenvalue weighted by Gasteiger charge is 2.16. The summed E-state index contributed by atoms with van der Waals surface area (Å²) in [5.41, 5.74) is 4.77. The number of nitrogens with zero attached hydrogens (tertiary/aromatic N) is 1. The Morgan fingerprint density at radius 3 is 2.36 bits per heavy atom. The summed E-state index contributed by atoms with van der Waals surface area (Å²) >= 11 is 5.99. The number of carbonyl (C=O) groups is 2. The molecule has 0 unspecified atom stereocenters. The van der Waals surface area contributed by atoms with Gasteiger partial charge in [0.25, 0.3) is 5.91 Å². The van der Waals surface area contributed by atoms with E-state index in [4.69, 9.17) is 21.7 Å². The Hall–Kier alpha value is -3.58. The van der Waals surface area contributed by atoms with Crippen LogP contribution in [0.1, 0.15) is 46.2 Å². The second kappa shape index (κ2) is 10.8. The lowest BCUT2D eigenvalue weighted by molar-refractivity contribution is 0.0950. The number of amides is 2. The molecule has 0 saturated heterocycles. The van der Waals surface area contributed by atoms with Gasteiger partial charge in [-0.15, -0.1) is 0 Å². The molecule has 2 amide bonds. The second-order valence-corrected chi connectivity index (χ2v) is 8.05. The number of aromatic nitrogens is 1. The van der Waals surface area contributed by atoms with Gasteiger partial charge in [-0.3, -0.25) is 15.5 Å². The lowest BCUT2D eigenvalue weighted by Gasteiger charge is -2.11. The number of nitrogens with one attached hydrogen (secondary N) is 3. The first-order valence-corrected chi connectivity index (χ1v) is 11.0. The molecule has 0 aliphatic carbocycles. The van der Waals surface area contributed by atoms with Gasteiger partial charge in [-0.25, -0.2) is 4.79 Å². The van der Waals surface area contributed by atoms with Crippen LogP contribution in [-0.2, 0) is 11.3 Å². The molecule has 0 aliphatic heterocycles. The lowest BCUT2D eigenvalue weighted by atomic mass is 10.1. The van der Waals surface area contributed by atoms with Crippen LogP contribution in [0.3, 0.4) is 0 Å². The van der Waals surface area contributed by atoms with Crippen LogP contribution >= 0.6 is 11.6 Å². The van der Waals surface area contributed by atoms with E-state index in [0.717, 1.165) is 22.6 Å². The molecule has 3 rings (SSSR count). The van der Waals surface area contributed by atoms with Crippen molar-refractivity contribution in [3.8, 4) is 5.69 Å². The highest BCUT2D eigenvalue weighted by atomic mass is 35.5. The van der Waals surface area contributed by atoms with Crippen molar-refractivity contribution in [1.29, 1.82) is 5.41 Å². The van der Waals surface area contributed by atoms with Gasteiger partial charge in [0, 0.05) is 34.2 Å². The van der Waals surface area contributed by atoms with Gasteiger partial charge in [-0.1, -0.05) is 42.8 Å². The standard InChI is InChI=1S/C25H27ClN4O3/c1-4-13-33-25(32)29-23(27)19-7-5-18(6-8-19)15-28-24(31)22-14-16(2)30(17(22)3)21-11-9-20(26)10-12-21/h5-12,14H,4,13,15H2,1-3H3,(H,28,31)(H2,27,29,32). The van der Waals surface area contributed by atoms with E-state index in [-0.39, 0.29) is 11.7 Å². The van der Waals surface area contributed by atoms with E-state index >= 15 is 0 Å². The first-order valence-electron chi connectivity index (χ1n) is 10.6. The van der Waals surface area contributed by atoms with Crippen LogP contribution in [0.25, 0.3) is 5.69 Å². The fourth-order valence-corrected chi connectivity index (χ4v) is 3.58. The number of amidine groups is 1. The molecule has 0 atom stereocenters. The number of alkyl carbamates (subject to hydrolysis) is 1. The van der Waals surface area contributed by atoms with E-state index in [2.05, 4.69) is 10.6 Å². The normalized spacial score (nSPS) is 10.5. The average Bonchev–Trinajstić information content (AvgIpc) is 3.11. The number of aryl methyl sites for hydroxylation is 1. The zero-order valence-electron chi connectivity index (χ0n) is 18.9. The number of ether oxygens (including phenoxy) is 1. The quantitative estimate of drug-likeness (QED) is 0.332. The van der Waals surface area contributed by atoms with Gasteiger partial charge in [-0.05, 0) is 56.2 Å². The van der Waals surface area contributed by atoms with Crippen LogP contribution in [0.4, 0.5) is 4.79 Å². The van der Waals surface area contributed by atoms with Gasteiger partial charge in [0.15, 0.2) is 0 Å². The molecule has 0 saturated carbocycles. The molecular formula is C25H27ClN4O3. The van der Waals surface area contributed by atoms with Crippen molar-refractivity contribution in [2.45, 2.75) is 33.7 Å². The summed E-state index contributed by atoms with van der Waals surface area (Å²) in [4.78, 5) is 24.4. The summed E-state index contributed by atoms with van der Waals surface area (Å²) in [6, 6.07) is 16.4. The summed E-state index contributed by atoms with van der Waals surface area (Å²) in [6.07, 6.45) is 0.0703. The lowest BCUT2D eigenvalue weighted by Crippen LogP contribution is -2.31. The topological polar surface area (TPSA) is 96.2 Å². The van der Waals surface area contributed by atoms with E-state index in [1.165, 1.54) is 0 Å². The summed E-state index contributed by atoms with van der Waals surface area (Å²) in [6.45, 7) is 6.41. The molecule has 33 heavy (non-hydrogen) atoms. The van der Waals surface area contributed by atoms with Gasteiger partial charge < -0.3 is 14.6 Å². The minimum absolute atomic E-state index is 0.0404. The smallest absolute Gasteiger partial charge is 0.412 e. The molecule has 0 aliphatic rings. The maximum atomic E-state index is 12.8. The number of rotatable bonds is 7. The van der Waals surface area contributed by atoms with Crippen LogP contribution in [0.2, 0.25) is 5.02 Å². The molecule has 1 heterocycles. The summed E-state index contributed by atoms with van der Waals surface area (Å²) in [7, 11) is 0. The molecule has 0 spiro atoms. The summed E-state index contributed by atoms with van der Waals surface area (Å²) in [5, 5.41) is 14.0. The highest BCUT2D eigenvalue weighted by molar-refractivity contribution is 6.30. The van der Waals surface area contributed by atoms with E-state index in [0.29, 0.717) is 35.7 Å². The Bertz CT molecular complexity index is 1150. The summed E-state index contributed by atoms with van der Waals surface area (Å²) in [5.74, 6) is -0.207. The average molecular weight is 467 g/mol. The van der Waals surface area contributed by atoms with E-state index < -0.39 is 6.09 Å². The number of hydrogen-bond donors (Lipinski definition) is 3. The fraction of sp³-hybridized carbons (Fsp3) is 0.240. The Morgan fingerprint density at radius 2 is 1.73 bits per heavy atom. The Morgan fingerprint density at radius 1 is 1.06 bits per heavy atom. The Kier molecular flexibility index (Phi) is 7.90. The predicted molar refractivity (Wildman–Crippen MR) is 129 cm³/mol. The van der Waals surface area contributed by atoms with Gasteiger partial charge in [0.1, 0.15) is 5.84 Å². The van der Waals surface area contributed by atoms with Crippen molar-refractivity contribution in [1.82, 2.24) is 15.2 Å². The van der Waals surface area contributed by atoms with Gasteiger partial charge in [0.2, 0.25) is 0 Å². The Balaban J connectivity index is 1.62. The third-order valence-corrected chi connectivity index (χ3v) is 5.37. The first-order chi connectivity index (χ1) is 15.8. The third kappa shape index (κ3) is 6.02. The first kappa shape index (κ1) is 24.1. The maximum absolute atomic E-state index is 12.8. The van der Waals surface area contributed by atoms with Gasteiger partial charge in [0.05, 0.1) is 12.2 Å². The number of hydrogen-bond acceptors (Lipinski definition) is 4. The predicted octanol–water partition coefficient (Wildman–Crippen LogP) is 5.14. The van der Waals surface area contributed by atoms with Crippen molar-refractivity contribution < 1.29 is 14.3 Å². The fourth-order valence-electron chi connectivity index (χ4n) is 3.45. The zero-order chi connectivity index (χ0) is 24.0. The van der Waals surface area contributed by atoms with Crippen molar-refractivity contribution in [2.24, 2.45) is 0 Å². The van der Waals surface area contributed by atoms with E-state index in [1.54, 1.807) is 24.3 Å². The monoisotopic (exact) mass is 466 g/mol. The number of benzene rings is 2. The van der Waals surface area contributed by atoms with Crippen LogP contribution in [0.5, 0.6) is 0 Å². The molecule has 3 aromatic rings. The number of halogens is 1. The molecule has 0 radical (unpaired) electrons. The largest absolute Gasteiger partial charge is 0.449 e. The molecule has 172 valence electrons. The maximum Gasteiger partial charge on any atom is 0.412 e. The van der Waals surface area contributed by atoms with Crippen molar-refractivity contribution in [2.75, 3.05) is 6.61 Å². The van der Waals surface area contributed by atoms with E-state index in [9.17, 15) is 9.59 Å². The van der Waals surface area contributed by atoms with Crippen LogP contribution in [0.15, 0.2) is 54.6 Å². The van der Waals surface area contributed by atoms with Crippen molar-refractivity contribution in [3.63, 3.8) is 0 Å². The summed E-state index contributed by atoms with van der Waals surface area (Å²) < 4.78 is 6.94. The second-order valence-electron chi connectivity index (χ2n) is 7.61. The minimum atomic E-state index is -0.644.